The van der Waals surface area contributed by atoms with Crippen molar-refractivity contribution < 1.29 is 0 Å². The summed E-state index contributed by atoms with van der Waals surface area (Å²) in [5.41, 5.74) is 9.58. The Balaban J connectivity index is 1.84. The zero-order valence-electron chi connectivity index (χ0n) is 11.2. The average molecular weight is 273 g/mol. The molecule has 0 fully saturated rings. The van der Waals surface area contributed by atoms with Gasteiger partial charge in [0, 0.05) is 24.2 Å². The third kappa shape index (κ3) is 2.65. The Morgan fingerprint density at radius 2 is 2.26 bits per heavy atom. The summed E-state index contributed by atoms with van der Waals surface area (Å²) < 4.78 is 0. The maximum Gasteiger partial charge on any atom is 0.107 e. The highest BCUT2D eigenvalue weighted by Crippen LogP contribution is 2.30. The van der Waals surface area contributed by atoms with Gasteiger partial charge in [-0.25, -0.2) is 4.98 Å². The number of hydrogen-bond donors (Lipinski definition) is 1. The fourth-order valence-corrected chi connectivity index (χ4v) is 3.43. The Bertz CT molecular complexity index is 564. The number of para-hydroxylation sites is 1. The van der Waals surface area contributed by atoms with E-state index in [1.165, 1.54) is 17.7 Å². The number of rotatable bonds is 3. The second kappa shape index (κ2) is 5.31. The van der Waals surface area contributed by atoms with Crippen molar-refractivity contribution in [3.8, 4) is 0 Å². The third-order valence-corrected chi connectivity index (χ3v) is 4.48. The molecule has 1 atom stereocenters. The summed E-state index contributed by atoms with van der Waals surface area (Å²) in [6.07, 6.45) is 1.18. The van der Waals surface area contributed by atoms with Crippen LogP contribution in [0, 0.1) is 5.92 Å². The van der Waals surface area contributed by atoms with E-state index in [9.17, 15) is 0 Å². The molecule has 1 aromatic heterocycles. The van der Waals surface area contributed by atoms with Crippen LogP contribution in [0.25, 0.3) is 0 Å². The van der Waals surface area contributed by atoms with E-state index >= 15 is 0 Å². The van der Waals surface area contributed by atoms with Crippen LogP contribution in [0.3, 0.4) is 0 Å². The summed E-state index contributed by atoms with van der Waals surface area (Å²) >= 11 is 1.66. The molecule has 2 N–H and O–H groups in total. The van der Waals surface area contributed by atoms with Crippen LogP contribution in [-0.4, -0.2) is 11.5 Å². The minimum atomic E-state index is 0.539. The highest BCUT2D eigenvalue weighted by atomic mass is 32.1. The predicted molar refractivity (Wildman–Crippen MR) is 80.4 cm³/mol. The molecule has 3 nitrogen and oxygen atoms in total. The molecule has 2 aromatic rings. The Morgan fingerprint density at radius 3 is 3.05 bits per heavy atom. The second-order valence-electron chi connectivity index (χ2n) is 5.26. The van der Waals surface area contributed by atoms with E-state index < -0.39 is 0 Å². The number of fused-ring (bicyclic) bond motifs is 1. The second-order valence-corrected chi connectivity index (χ2v) is 6.20. The summed E-state index contributed by atoms with van der Waals surface area (Å²) in [6, 6.07) is 8.71. The molecule has 0 saturated heterocycles. The number of anilines is 1. The molecule has 3 rings (SSSR count). The van der Waals surface area contributed by atoms with Crippen molar-refractivity contribution in [1.82, 2.24) is 4.98 Å². The first-order valence-corrected chi connectivity index (χ1v) is 7.60. The highest BCUT2D eigenvalue weighted by molar-refractivity contribution is 7.09. The van der Waals surface area contributed by atoms with Crippen molar-refractivity contribution in [2.75, 3.05) is 11.4 Å². The molecule has 1 aliphatic heterocycles. The van der Waals surface area contributed by atoms with Gasteiger partial charge in [-0.15, -0.1) is 11.3 Å². The van der Waals surface area contributed by atoms with Gasteiger partial charge in [-0.1, -0.05) is 25.1 Å². The lowest BCUT2D eigenvalue weighted by molar-refractivity contribution is 0.528. The average Bonchev–Trinajstić information content (AvgIpc) is 2.86. The monoisotopic (exact) mass is 273 g/mol. The van der Waals surface area contributed by atoms with E-state index in [1.54, 1.807) is 11.3 Å². The molecule has 1 aromatic carbocycles. The normalized spacial score (nSPS) is 18.4. The van der Waals surface area contributed by atoms with Gasteiger partial charge in [0.05, 0.1) is 12.2 Å². The van der Waals surface area contributed by atoms with Gasteiger partial charge in [0.15, 0.2) is 0 Å². The number of hydrogen-bond acceptors (Lipinski definition) is 4. The molecule has 19 heavy (non-hydrogen) atoms. The van der Waals surface area contributed by atoms with Crippen LogP contribution in [0.15, 0.2) is 29.6 Å². The lowest BCUT2D eigenvalue weighted by Gasteiger charge is -2.34. The van der Waals surface area contributed by atoms with Crippen LogP contribution >= 0.6 is 11.3 Å². The fraction of sp³-hybridized carbons (Fsp3) is 0.400. The summed E-state index contributed by atoms with van der Waals surface area (Å²) in [6.45, 7) is 4.84. The predicted octanol–water partition coefficient (Wildman–Crippen LogP) is 2.80. The van der Waals surface area contributed by atoms with Crippen molar-refractivity contribution in [3.05, 3.63) is 45.9 Å². The molecule has 2 heterocycles. The molecule has 0 aliphatic carbocycles. The summed E-state index contributed by atoms with van der Waals surface area (Å²) in [5, 5.41) is 3.15. The maximum absolute atomic E-state index is 5.63. The molecular formula is C15H19N3S. The van der Waals surface area contributed by atoms with Gasteiger partial charge in [0.1, 0.15) is 5.01 Å². The van der Waals surface area contributed by atoms with E-state index in [0.717, 1.165) is 23.8 Å². The smallest absolute Gasteiger partial charge is 0.107 e. The van der Waals surface area contributed by atoms with Gasteiger partial charge in [-0.05, 0) is 24.0 Å². The third-order valence-electron chi connectivity index (χ3n) is 3.56. The van der Waals surface area contributed by atoms with Gasteiger partial charge in [0.25, 0.3) is 0 Å². The van der Waals surface area contributed by atoms with Crippen LogP contribution in [0.5, 0.6) is 0 Å². The van der Waals surface area contributed by atoms with Crippen molar-refractivity contribution in [3.63, 3.8) is 0 Å². The van der Waals surface area contributed by atoms with E-state index in [1.807, 2.05) is 0 Å². The van der Waals surface area contributed by atoms with Crippen molar-refractivity contribution in [2.45, 2.75) is 26.4 Å². The first kappa shape index (κ1) is 12.6. The Kier molecular flexibility index (Phi) is 3.53. The first-order chi connectivity index (χ1) is 9.26. The number of nitrogens with zero attached hydrogens (tertiary/aromatic N) is 2. The standard InChI is InChI=1S/C15H19N3S/c1-11-6-12-4-2-3-5-14(12)18(8-11)9-13-10-19-15(7-16)17-13/h2-5,10-11H,6-9,16H2,1H3. The minimum Gasteiger partial charge on any atom is -0.365 e. The molecule has 100 valence electrons. The maximum atomic E-state index is 5.63. The first-order valence-electron chi connectivity index (χ1n) is 6.72. The van der Waals surface area contributed by atoms with Crippen LogP contribution in [0.2, 0.25) is 0 Å². The van der Waals surface area contributed by atoms with Crippen LogP contribution in [0.4, 0.5) is 5.69 Å². The lowest BCUT2D eigenvalue weighted by Crippen LogP contribution is -2.33. The highest BCUT2D eigenvalue weighted by Gasteiger charge is 2.21. The largest absolute Gasteiger partial charge is 0.365 e. The number of thiazole rings is 1. The summed E-state index contributed by atoms with van der Waals surface area (Å²) in [5.74, 6) is 0.697. The molecule has 0 spiro atoms. The van der Waals surface area contributed by atoms with E-state index in [0.29, 0.717) is 12.5 Å². The molecule has 4 heteroatoms. The quantitative estimate of drug-likeness (QED) is 0.935. The molecular weight excluding hydrogens is 254 g/mol. The zero-order chi connectivity index (χ0) is 13.2. The molecule has 1 aliphatic rings. The Hall–Kier alpha value is -1.39. The SMILES string of the molecule is CC1Cc2ccccc2N(Cc2csc(CN)n2)C1. The summed E-state index contributed by atoms with van der Waals surface area (Å²) in [7, 11) is 0. The van der Waals surface area contributed by atoms with Gasteiger partial charge in [-0.2, -0.15) is 0 Å². The summed E-state index contributed by atoms with van der Waals surface area (Å²) in [4.78, 5) is 7.02. The van der Waals surface area contributed by atoms with Crippen LogP contribution < -0.4 is 10.6 Å². The number of aromatic nitrogens is 1. The number of benzene rings is 1. The minimum absolute atomic E-state index is 0.539. The lowest BCUT2D eigenvalue weighted by atomic mass is 9.94. The van der Waals surface area contributed by atoms with Gasteiger partial charge in [-0.3, -0.25) is 0 Å². The van der Waals surface area contributed by atoms with Gasteiger partial charge in [0.2, 0.25) is 0 Å². The zero-order valence-corrected chi connectivity index (χ0v) is 12.0. The Morgan fingerprint density at radius 1 is 1.42 bits per heavy atom. The van der Waals surface area contributed by atoms with Gasteiger partial charge < -0.3 is 10.6 Å². The molecule has 1 unspecified atom stereocenters. The van der Waals surface area contributed by atoms with Crippen LogP contribution in [0.1, 0.15) is 23.2 Å². The van der Waals surface area contributed by atoms with Crippen molar-refractivity contribution in [2.24, 2.45) is 11.7 Å². The van der Waals surface area contributed by atoms with Crippen molar-refractivity contribution in [1.29, 1.82) is 0 Å². The fourth-order valence-electron chi connectivity index (χ4n) is 2.77. The van der Waals surface area contributed by atoms with E-state index in [2.05, 4.69) is 46.5 Å². The molecule has 0 bridgehead atoms. The molecule has 0 saturated carbocycles. The molecule has 0 radical (unpaired) electrons. The van der Waals surface area contributed by atoms with Crippen LogP contribution in [-0.2, 0) is 19.5 Å². The van der Waals surface area contributed by atoms with Crippen molar-refractivity contribution >= 4 is 17.0 Å². The Labute approximate surface area is 118 Å². The van der Waals surface area contributed by atoms with Gasteiger partial charge >= 0.3 is 0 Å². The topological polar surface area (TPSA) is 42.1 Å². The molecule has 0 amide bonds. The number of nitrogens with two attached hydrogens (primary N) is 1. The van der Waals surface area contributed by atoms with E-state index in [-0.39, 0.29) is 0 Å². The van der Waals surface area contributed by atoms with E-state index in [4.69, 9.17) is 5.73 Å².